The second-order valence-corrected chi connectivity index (χ2v) is 8.22. The van der Waals surface area contributed by atoms with E-state index in [9.17, 15) is 4.79 Å². The molecule has 2 aliphatic rings. The highest BCUT2D eigenvalue weighted by molar-refractivity contribution is 6.30. The van der Waals surface area contributed by atoms with Crippen LogP contribution in [0.2, 0.25) is 5.02 Å². The first-order chi connectivity index (χ1) is 14.6. The molecule has 2 aliphatic heterocycles. The molecule has 2 aromatic rings. The minimum absolute atomic E-state index is 0.0565. The van der Waals surface area contributed by atoms with Crippen LogP contribution in [0.15, 0.2) is 42.5 Å². The Labute approximate surface area is 182 Å². The maximum atomic E-state index is 12.6. The van der Waals surface area contributed by atoms with Crippen molar-refractivity contribution in [3.05, 3.63) is 53.1 Å². The Kier molecular flexibility index (Phi) is 6.65. The predicted octanol–water partition coefficient (Wildman–Crippen LogP) is 2.84. The van der Waals surface area contributed by atoms with Gasteiger partial charge in [-0.05, 0) is 48.4 Å². The number of methoxy groups -OCH3 is 1. The molecule has 1 amide bonds. The molecule has 0 saturated carbocycles. The first kappa shape index (κ1) is 20.8. The number of rotatable bonds is 6. The standard InChI is InChI=1S/C23H28ClN3O3/c1-29-21-5-6-22-17(14-21)13-18(16-30-22)23(28)25-7-8-26-9-11-27(12-10-26)20-4-2-3-19(24)15-20/h2-6,14-15,18H,7-13,16H2,1H3,(H,25,28)/t18-/m1/s1. The number of nitrogens with one attached hydrogen (secondary N) is 1. The summed E-state index contributed by atoms with van der Waals surface area (Å²) in [4.78, 5) is 17.4. The Hall–Kier alpha value is -2.44. The number of amides is 1. The van der Waals surface area contributed by atoms with Gasteiger partial charge in [0.2, 0.25) is 5.91 Å². The fourth-order valence-corrected chi connectivity index (χ4v) is 4.23. The zero-order valence-corrected chi connectivity index (χ0v) is 18.0. The molecule has 2 aromatic carbocycles. The normalized spacial score (nSPS) is 19.0. The van der Waals surface area contributed by atoms with E-state index in [4.69, 9.17) is 21.1 Å². The molecule has 1 fully saturated rings. The number of hydrogen-bond donors (Lipinski definition) is 1. The van der Waals surface area contributed by atoms with E-state index in [1.165, 1.54) is 5.69 Å². The van der Waals surface area contributed by atoms with Crippen LogP contribution in [0, 0.1) is 5.92 Å². The van der Waals surface area contributed by atoms with Gasteiger partial charge in [0, 0.05) is 50.0 Å². The average molecular weight is 430 g/mol. The minimum atomic E-state index is -0.163. The van der Waals surface area contributed by atoms with Crippen LogP contribution in [0.25, 0.3) is 0 Å². The van der Waals surface area contributed by atoms with Crippen molar-refractivity contribution in [2.24, 2.45) is 5.92 Å². The predicted molar refractivity (Wildman–Crippen MR) is 119 cm³/mol. The van der Waals surface area contributed by atoms with Crippen molar-refractivity contribution >= 4 is 23.2 Å². The Balaban J connectivity index is 1.20. The molecule has 7 heteroatoms. The molecule has 0 radical (unpaired) electrons. The Morgan fingerprint density at radius 2 is 2.03 bits per heavy atom. The van der Waals surface area contributed by atoms with Crippen LogP contribution >= 0.6 is 11.6 Å². The summed E-state index contributed by atoms with van der Waals surface area (Å²) >= 11 is 6.11. The van der Waals surface area contributed by atoms with Gasteiger partial charge in [-0.15, -0.1) is 0 Å². The van der Waals surface area contributed by atoms with Crippen molar-refractivity contribution in [1.29, 1.82) is 0 Å². The SMILES string of the molecule is COc1ccc2c(c1)C[C@@H](C(=O)NCCN1CCN(c3cccc(Cl)c3)CC1)CO2. The molecule has 30 heavy (non-hydrogen) atoms. The topological polar surface area (TPSA) is 54.0 Å². The van der Waals surface area contributed by atoms with Crippen molar-refractivity contribution in [3.8, 4) is 11.5 Å². The van der Waals surface area contributed by atoms with Gasteiger partial charge in [0.15, 0.2) is 0 Å². The van der Waals surface area contributed by atoms with Gasteiger partial charge >= 0.3 is 0 Å². The molecular formula is C23H28ClN3O3. The first-order valence-corrected chi connectivity index (χ1v) is 10.8. The van der Waals surface area contributed by atoms with Gasteiger partial charge in [-0.3, -0.25) is 9.69 Å². The van der Waals surface area contributed by atoms with E-state index in [0.29, 0.717) is 19.6 Å². The van der Waals surface area contributed by atoms with Gasteiger partial charge in [-0.1, -0.05) is 17.7 Å². The number of carbonyl (C=O) groups excluding carboxylic acids is 1. The highest BCUT2D eigenvalue weighted by Gasteiger charge is 2.26. The number of halogens is 1. The van der Waals surface area contributed by atoms with E-state index >= 15 is 0 Å². The number of ether oxygens (including phenoxy) is 2. The summed E-state index contributed by atoms with van der Waals surface area (Å²) in [7, 11) is 1.64. The molecule has 1 atom stereocenters. The van der Waals surface area contributed by atoms with Crippen LogP contribution in [0.5, 0.6) is 11.5 Å². The van der Waals surface area contributed by atoms with Gasteiger partial charge in [-0.25, -0.2) is 0 Å². The Morgan fingerprint density at radius 3 is 2.80 bits per heavy atom. The summed E-state index contributed by atoms with van der Waals surface area (Å²) in [6, 6.07) is 13.7. The molecule has 4 rings (SSSR count). The van der Waals surface area contributed by atoms with E-state index in [0.717, 1.165) is 54.8 Å². The van der Waals surface area contributed by atoms with Crippen LogP contribution in [-0.4, -0.2) is 63.8 Å². The summed E-state index contributed by atoms with van der Waals surface area (Å²) < 4.78 is 11.1. The minimum Gasteiger partial charge on any atom is -0.497 e. The Morgan fingerprint density at radius 1 is 1.20 bits per heavy atom. The molecule has 160 valence electrons. The molecule has 0 unspecified atom stereocenters. The van der Waals surface area contributed by atoms with Gasteiger partial charge in [0.25, 0.3) is 0 Å². The van der Waals surface area contributed by atoms with Crippen molar-refractivity contribution in [2.45, 2.75) is 6.42 Å². The monoisotopic (exact) mass is 429 g/mol. The third kappa shape index (κ3) is 4.99. The van der Waals surface area contributed by atoms with E-state index in [2.05, 4.69) is 21.2 Å². The summed E-state index contributed by atoms with van der Waals surface area (Å²) in [5.74, 6) is 1.53. The van der Waals surface area contributed by atoms with Crippen molar-refractivity contribution in [1.82, 2.24) is 10.2 Å². The lowest BCUT2D eigenvalue weighted by atomic mass is 9.96. The molecular weight excluding hydrogens is 402 g/mol. The summed E-state index contributed by atoms with van der Waals surface area (Å²) in [5.41, 5.74) is 2.20. The maximum Gasteiger partial charge on any atom is 0.226 e. The van der Waals surface area contributed by atoms with Crippen LogP contribution < -0.4 is 19.7 Å². The third-order valence-electron chi connectivity index (χ3n) is 5.82. The lowest BCUT2D eigenvalue weighted by Gasteiger charge is -2.36. The van der Waals surface area contributed by atoms with E-state index in [-0.39, 0.29) is 11.8 Å². The lowest BCUT2D eigenvalue weighted by molar-refractivity contribution is -0.126. The van der Waals surface area contributed by atoms with Crippen LogP contribution in [0.4, 0.5) is 5.69 Å². The average Bonchev–Trinajstić information content (AvgIpc) is 2.78. The highest BCUT2D eigenvalue weighted by atomic mass is 35.5. The van der Waals surface area contributed by atoms with Crippen molar-refractivity contribution < 1.29 is 14.3 Å². The molecule has 1 N–H and O–H groups in total. The summed E-state index contributed by atoms with van der Waals surface area (Å²) in [5, 5.41) is 3.86. The van der Waals surface area contributed by atoms with Crippen LogP contribution in [0.3, 0.4) is 0 Å². The second-order valence-electron chi connectivity index (χ2n) is 7.79. The number of nitrogens with zero attached hydrogens (tertiary/aromatic N) is 2. The first-order valence-electron chi connectivity index (χ1n) is 10.4. The molecule has 0 aromatic heterocycles. The Bertz CT molecular complexity index is 884. The smallest absolute Gasteiger partial charge is 0.226 e. The van der Waals surface area contributed by atoms with E-state index in [1.807, 2.05) is 36.4 Å². The molecule has 0 bridgehead atoms. The summed E-state index contributed by atoms with van der Waals surface area (Å²) in [6.07, 6.45) is 0.677. The molecule has 0 spiro atoms. The largest absolute Gasteiger partial charge is 0.497 e. The zero-order chi connectivity index (χ0) is 20.9. The van der Waals surface area contributed by atoms with Gasteiger partial charge < -0.3 is 19.7 Å². The quantitative estimate of drug-likeness (QED) is 0.765. The van der Waals surface area contributed by atoms with Gasteiger partial charge in [0.05, 0.1) is 13.0 Å². The fraction of sp³-hybridized carbons (Fsp3) is 0.435. The molecule has 0 aliphatic carbocycles. The number of piperazine rings is 1. The van der Waals surface area contributed by atoms with Gasteiger partial charge in [-0.2, -0.15) is 0 Å². The lowest BCUT2D eigenvalue weighted by Crippen LogP contribution is -2.49. The summed E-state index contributed by atoms with van der Waals surface area (Å²) in [6.45, 7) is 5.80. The van der Waals surface area contributed by atoms with Crippen LogP contribution in [-0.2, 0) is 11.2 Å². The maximum absolute atomic E-state index is 12.6. The van der Waals surface area contributed by atoms with Crippen molar-refractivity contribution in [3.63, 3.8) is 0 Å². The van der Waals surface area contributed by atoms with E-state index in [1.54, 1.807) is 7.11 Å². The highest BCUT2D eigenvalue weighted by Crippen LogP contribution is 2.30. The number of anilines is 1. The van der Waals surface area contributed by atoms with Crippen LogP contribution in [0.1, 0.15) is 5.56 Å². The molecule has 1 saturated heterocycles. The third-order valence-corrected chi connectivity index (χ3v) is 6.05. The van der Waals surface area contributed by atoms with Gasteiger partial charge in [0.1, 0.15) is 18.1 Å². The number of hydrogen-bond acceptors (Lipinski definition) is 5. The number of fused-ring (bicyclic) bond motifs is 1. The molecule has 6 nitrogen and oxygen atoms in total. The number of benzene rings is 2. The fourth-order valence-electron chi connectivity index (χ4n) is 4.05. The number of carbonyl (C=O) groups is 1. The van der Waals surface area contributed by atoms with Crippen molar-refractivity contribution in [2.75, 3.05) is 57.9 Å². The molecule has 2 heterocycles. The van der Waals surface area contributed by atoms with E-state index < -0.39 is 0 Å². The zero-order valence-electron chi connectivity index (χ0n) is 17.3. The second kappa shape index (κ2) is 9.58.